The number of carbonyl (C=O) groups is 1. The monoisotopic (exact) mass is 248 g/mol. The molecule has 0 fully saturated rings. The summed E-state index contributed by atoms with van der Waals surface area (Å²) in [5.74, 6) is 0.128. The topological polar surface area (TPSA) is 55.1 Å². The summed E-state index contributed by atoms with van der Waals surface area (Å²) in [7, 11) is 0. The minimum atomic E-state index is -0.805. The summed E-state index contributed by atoms with van der Waals surface area (Å²) in [6.45, 7) is 10.9. The molecule has 1 unspecified atom stereocenters. The van der Waals surface area contributed by atoms with Crippen LogP contribution in [0.1, 0.15) is 37.5 Å². The molecular weight excluding hydrogens is 224 g/mol. The number of carbonyl (C=O) groups excluding carboxylic acids is 1. The smallest absolute Gasteiger partial charge is 0.242 e. The summed E-state index contributed by atoms with van der Waals surface area (Å²) < 4.78 is 0. The number of amides is 1. The van der Waals surface area contributed by atoms with Gasteiger partial charge < -0.3 is 5.73 Å². The Bertz CT molecular complexity index is 420. The molecule has 18 heavy (non-hydrogen) atoms. The molecule has 0 heterocycles. The van der Waals surface area contributed by atoms with Gasteiger partial charge in [-0.3, -0.25) is 10.1 Å². The lowest BCUT2D eigenvalue weighted by Gasteiger charge is -2.29. The SMILES string of the molecule is Cc1cc(C)cc(C(C)(NCC(C)C)C(N)=O)c1. The molecule has 1 aromatic carbocycles. The van der Waals surface area contributed by atoms with E-state index in [4.69, 9.17) is 5.73 Å². The Labute approximate surface area is 110 Å². The normalized spacial score (nSPS) is 14.6. The van der Waals surface area contributed by atoms with E-state index in [0.717, 1.165) is 23.2 Å². The standard InChI is InChI=1S/C15H24N2O/c1-10(2)9-17-15(5,14(16)18)13-7-11(3)6-12(4)8-13/h6-8,10,17H,9H2,1-5H3,(H2,16,18). The van der Waals surface area contributed by atoms with Crippen LogP contribution in [-0.4, -0.2) is 12.5 Å². The summed E-state index contributed by atoms with van der Waals surface area (Å²) in [5.41, 5.74) is 8.01. The van der Waals surface area contributed by atoms with Crippen LogP contribution in [0.5, 0.6) is 0 Å². The minimum Gasteiger partial charge on any atom is -0.368 e. The van der Waals surface area contributed by atoms with E-state index in [1.165, 1.54) is 0 Å². The summed E-state index contributed by atoms with van der Waals surface area (Å²) in [6, 6.07) is 6.13. The van der Waals surface area contributed by atoms with Crippen molar-refractivity contribution in [1.82, 2.24) is 5.32 Å². The number of benzene rings is 1. The van der Waals surface area contributed by atoms with Crippen molar-refractivity contribution in [2.75, 3.05) is 6.54 Å². The van der Waals surface area contributed by atoms with Crippen LogP contribution in [0.4, 0.5) is 0 Å². The molecule has 1 atom stereocenters. The summed E-state index contributed by atoms with van der Waals surface area (Å²) >= 11 is 0. The largest absolute Gasteiger partial charge is 0.368 e. The second-order valence-electron chi connectivity index (χ2n) is 5.64. The van der Waals surface area contributed by atoms with Crippen LogP contribution in [0.3, 0.4) is 0 Å². The van der Waals surface area contributed by atoms with Crippen molar-refractivity contribution >= 4 is 5.91 Å². The molecule has 0 bridgehead atoms. The van der Waals surface area contributed by atoms with Gasteiger partial charge in [0.1, 0.15) is 5.54 Å². The van der Waals surface area contributed by atoms with Gasteiger partial charge in [-0.2, -0.15) is 0 Å². The van der Waals surface area contributed by atoms with E-state index in [1.807, 2.05) is 32.9 Å². The molecule has 1 amide bonds. The van der Waals surface area contributed by atoms with Crippen molar-refractivity contribution < 1.29 is 4.79 Å². The van der Waals surface area contributed by atoms with Gasteiger partial charge in [0.15, 0.2) is 0 Å². The van der Waals surface area contributed by atoms with Crippen molar-refractivity contribution in [3.8, 4) is 0 Å². The first-order chi connectivity index (χ1) is 8.25. The van der Waals surface area contributed by atoms with E-state index in [0.29, 0.717) is 5.92 Å². The third-order valence-electron chi connectivity index (χ3n) is 3.16. The number of aryl methyl sites for hydroxylation is 2. The molecule has 0 saturated heterocycles. The van der Waals surface area contributed by atoms with Gasteiger partial charge in [-0.25, -0.2) is 0 Å². The van der Waals surface area contributed by atoms with Gasteiger partial charge in [-0.05, 0) is 38.8 Å². The van der Waals surface area contributed by atoms with Crippen LogP contribution >= 0.6 is 0 Å². The highest BCUT2D eigenvalue weighted by atomic mass is 16.1. The molecule has 100 valence electrons. The van der Waals surface area contributed by atoms with Crippen LogP contribution < -0.4 is 11.1 Å². The number of nitrogens with one attached hydrogen (secondary N) is 1. The summed E-state index contributed by atoms with van der Waals surface area (Å²) in [5, 5.41) is 3.29. The third-order valence-corrected chi connectivity index (χ3v) is 3.16. The predicted octanol–water partition coefficient (Wildman–Crippen LogP) is 2.25. The Morgan fingerprint density at radius 2 is 1.78 bits per heavy atom. The van der Waals surface area contributed by atoms with Gasteiger partial charge in [0, 0.05) is 0 Å². The Morgan fingerprint density at radius 1 is 1.28 bits per heavy atom. The van der Waals surface area contributed by atoms with Gasteiger partial charge in [-0.1, -0.05) is 43.2 Å². The summed E-state index contributed by atoms with van der Waals surface area (Å²) in [6.07, 6.45) is 0. The molecule has 3 N–H and O–H groups in total. The molecule has 0 aliphatic rings. The number of hydrogen-bond acceptors (Lipinski definition) is 2. The molecule has 0 aliphatic carbocycles. The van der Waals surface area contributed by atoms with Crippen molar-refractivity contribution in [2.24, 2.45) is 11.7 Å². The lowest BCUT2D eigenvalue weighted by Crippen LogP contribution is -2.51. The second-order valence-corrected chi connectivity index (χ2v) is 5.64. The average molecular weight is 248 g/mol. The minimum absolute atomic E-state index is 0.340. The van der Waals surface area contributed by atoms with Crippen molar-refractivity contribution in [1.29, 1.82) is 0 Å². The quantitative estimate of drug-likeness (QED) is 0.839. The zero-order valence-electron chi connectivity index (χ0n) is 12.0. The van der Waals surface area contributed by atoms with Crippen LogP contribution in [-0.2, 0) is 10.3 Å². The number of rotatable bonds is 5. The van der Waals surface area contributed by atoms with E-state index in [-0.39, 0.29) is 5.91 Å². The average Bonchev–Trinajstić information content (AvgIpc) is 2.24. The van der Waals surface area contributed by atoms with Gasteiger partial charge in [0.25, 0.3) is 0 Å². The first kappa shape index (κ1) is 14.7. The first-order valence-electron chi connectivity index (χ1n) is 6.39. The van der Waals surface area contributed by atoms with Crippen molar-refractivity contribution in [2.45, 2.75) is 40.2 Å². The highest BCUT2D eigenvalue weighted by Gasteiger charge is 2.33. The van der Waals surface area contributed by atoms with Gasteiger partial charge in [-0.15, -0.1) is 0 Å². The number of nitrogens with two attached hydrogens (primary N) is 1. The maximum atomic E-state index is 11.8. The lowest BCUT2D eigenvalue weighted by atomic mass is 9.88. The fourth-order valence-electron chi connectivity index (χ4n) is 2.00. The van der Waals surface area contributed by atoms with E-state index in [2.05, 4.69) is 25.2 Å². The van der Waals surface area contributed by atoms with Crippen LogP contribution in [0.2, 0.25) is 0 Å². The van der Waals surface area contributed by atoms with E-state index in [9.17, 15) is 4.79 Å². The van der Waals surface area contributed by atoms with Crippen LogP contribution in [0.25, 0.3) is 0 Å². The van der Waals surface area contributed by atoms with E-state index in [1.54, 1.807) is 0 Å². The fourth-order valence-corrected chi connectivity index (χ4v) is 2.00. The molecule has 1 aromatic rings. The first-order valence-corrected chi connectivity index (χ1v) is 6.39. The molecule has 0 radical (unpaired) electrons. The summed E-state index contributed by atoms with van der Waals surface area (Å²) in [4.78, 5) is 11.8. The highest BCUT2D eigenvalue weighted by molar-refractivity contribution is 5.85. The molecular formula is C15H24N2O. The molecule has 0 aromatic heterocycles. The molecule has 3 heteroatoms. The highest BCUT2D eigenvalue weighted by Crippen LogP contribution is 2.23. The molecule has 1 rings (SSSR count). The predicted molar refractivity (Wildman–Crippen MR) is 75.3 cm³/mol. The Morgan fingerprint density at radius 3 is 2.17 bits per heavy atom. The number of primary amides is 1. The molecule has 0 aliphatic heterocycles. The number of hydrogen-bond donors (Lipinski definition) is 2. The molecule has 0 spiro atoms. The van der Waals surface area contributed by atoms with Crippen molar-refractivity contribution in [3.05, 3.63) is 34.9 Å². The maximum Gasteiger partial charge on any atom is 0.242 e. The third kappa shape index (κ3) is 3.33. The van der Waals surface area contributed by atoms with Crippen LogP contribution in [0.15, 0.2) is 18.2 Å². The van der Waals surface area contributed by atoms with Crippen LogP contribution in [0, 0.1) is 19.8 Å². The van der Waals surface area contributed by atoms with Gasteiger partial charge in [0.2, 0.25) is 5.91 Å². The zero-order valence-corrected chi connectivity index (χ0v) is 12.0. The van der Waals surface area contributed by atoms with E-state index >= 15 is 0 Å². The Kier molecular flexibility index (Phi) is 4.52. The molecule has 0 saturated carbocycles. The van der Waals surface area contributed by atoms with Gasteiger partial charge >= 0.3 is 0 Å². The van der Waals surface area contributed by atoms with Gasteiger partial charge in [0.05, 0.1) is 0 Å². The Hall–Kier alpha value is -1.35. The fraction of sp³-hybridized carbons (Fsp3) is 0.533. The lowest BCUT2D eigenvalue weighted by molar-refractivity contribution is -0.124. The Balaban J connectivity index is 3.14. The van der Waals surface area contributed by atoms with E-state index < -0.39 is 5.54 Å². The maximum absolute atomic E-state index is 11.8. The second kappa shape index (κ2) is 5.53. The zero-order chi connectivity index (χ0) is 13.9. The van der Waals surface area contributed by atoms with Crippen molar-refractivity contribution in [3.63, 3.8) is 0 Å². The molecule has 3 nitrogen and oxygen atoms in total.